The molecule has 0 aliphatic rings. The predicted octanol–water partition coefficient (Wildman–Crippen LogP) is 5.77. The molecule has 0 saturated carbocycles. The molecule has 5 N–H and O–H groups in total. The quantitative estimate of drug-likeness (QED) is 0.125. The van der Waals surface area contributed by atoms with Crippen molar-refractivity contribution in [1.29, 1.82) is 0 Å². The topological polar surface area (TPSA) is 84.8 Å². The SMILES string of the molecule is Oc1cccc(CCc2c(CCNCCCCCCNCCc3ccccc3)cc(Cl)c(O)c2O)c1. The molecule has 3 aromatic rings. The lowest BCUT2D eigenvalue weighted by Gasteiger charge is -2.15. The maximum absolute atomic E-state index is 10.5. The largest absolute Gasteiger partial charge is 0.508 e. The number of halogens is 1. The van der Waals surface area contributed by atoms with Crippen molar-refractivity contribution in [3.8, 4) is 17.2 Å². The molecule has 6 heteroatoms. The fourth-order valence-electron chi connectivity index (χ4n) is 4.40. The second kappa shape index (κ2) is 15.4. The number of phenolic OH excluding ortho intramolecular Hbond substituents is 3. The number of phenols is 3. The maximum Gasteiger partial charge on any atom is 0.176 e. The molecule has 0 spiro atoms. The van der Waals surface area contributed by atoms with E-state index in [0.29, 0.717) is 24.8 Å². The normalized spacial score (nSPS) is 11.1. The standard InChI is InChI=1S/C30H39ClN2O3/c31-28-22-25(27(29(35)30(28)36)14-13-24-11-8-12-26(34)21-24)16-20-33-18-7-2-1-6-17-32-19-15-23-9-4-3-5-10-23/h3-5,8-12,21-22,32-36H,1-2,6-7,13-20H2. The van der Waals surface area contributed by atoms with Crippen LogP contribution >= 0.6 is 11.6 Å². The Bertz CT molecular complexity index is 1060. The van der Waals surface area contributed by atoms with Gasteiger partial charge in [0.25, 0.3) is 0 Å². The minimum absolute atomic E-state index is 0.143. The van der Waals surface area contributed by atoms with Crippen molar-refractivity contribution in [1.82, 2.24) is 10.6 Å². The third kappa shape index (κ3) is 9.38. The van der Waals surface area contributed by atoms with Crippen molar-refractivity contribution in [2.75, 3.05) is 26.2 Å². The van der Waals surface area contributed by atoms with Crippen LogP contribution in [-0.2, 0) is 25.7 Å². The van der Waals surface area contributed by atoms with Gasteiger partial charge in [0.1, 0.15) is 5.75 Å². The van der Waals surface area contributed by atoms with Crippen molar-refractivity contribution in [3.63, 3.8) is 0 Å². The zero-order chi connectivity index (χ0) is 25.6. The van der Waals surface area contributed by atoms with Gasteiger partial charge in [0.15, 0.2) is 11.5 Å². The molecule has 0 aromatic heterocycles. The average molecular weight is 511 g/mol. The first-order chi connectivity index (χ1) is 17.5. The molecule has 3 aromatic carbocycles. The van der Waals surface area contributed by atoms with Crippen molar-refractivity contribution in [3.05, 3.63) is 87.9 Å². The van der Waals surface area contributed by atoms with Crippen LogP contribution in [0.5, 0.6) is 17.2 Å². The van der Waals surface area contributed by atoms with Crippen LogP contribution < -0.4 is 10.6 Å². The Hall–Kier alpha value is -2.73. The van der Waals surface area contributed by atoms with Crippen molar-refractivity contribution in [2.24, 2.45) is 0 Å². The van der Waals surface area contributed by atoms with Gasteiger partial charge in [-0.05, 0) is 99.6 Å². The molecule has 0 radical (unpaired) electrons. The van der Waals surface area contributed by atoms with Gasteiger partial charge in [0.05, 0.1) is 5.02 Å². The molecule has 36 heavy (non-hydrogen) atoms. The number of aryl methyl sites for hydroxylation is 1. The summed E-state index contributed by atoms with van der Waals surface area (Å²) in [5.74, 6) is -0.191. The van der Waals surface area contributed by atoms with Gasteiger partial charge in [-0.1, -0.05) is 66.9 Å². The summed E-state index contributed by atoms with van der Waals surface area (Å²) in [6.07, 6.45) is 7.74. The minimum Gasteiger partial charge on any atom is -0.508 e. The third-order valence-electron chi connectivity index (χ3n) is 6.46. The first-order valence-corrected chi connectivity index (χ1v) is 13.4. The summed E-state index contributed by atoms with van der Waals surface area (Å²) in [6, 6.07) is 19.4. The molecule has 0 atom stereocenters. The molecule has 0 heterocycles. The van der Waals surface area contributed by atoms with Crippen LogP contribution in [0.4, 0.5) is 0 Å². The molecule has 5 nitrogen and oxygen atoms in total. The van der Waals surface area contributed by atoms with E-state index in [0.717, 1.165) is 50.1 Å². The third-order valence-corrected chi connectivity index (χ3v) is 6.75. The summed E-state index contributed by atoms with van der Waals surface area (Å²) in [5, 5.41) is 37.5. The van der Waals surface area contributed by atoms with Crippen LogP contribution in [0.15, 0.2) is 60.7 Å². The summed E-state index contributed by atoms with van der Waals surface area (Å²) >= 11 is 6.13. The van der Waals surface area contributed by atoms with Crippen LogP contribution in [-0.4, -0.2) is 41.5 Å². The highest BCUT2D eigenvalue weighted by Crippen LogP contribution is 2.39. The van der Waals surface area contributed by atoms with E-state index in [4.69, 9.17) is 11.6 Å². The highest BCUT2D eigenvalue weighted by Gasteiger charge is 2.16. The van der Waals surface area contributed by atoms with Gasteiger partial charge in [-0.25, -0.2) is 0 Å². The summed E-state index contributed by atoms with van der Waals surface area (Å²) in [4.78, 5) is 0. The van der Waals surface area contributed by atoms with E-state index in [1.54, 1.807) is 24.3 Å². The molecular weight excluding hydrogens is 472 g/mol. The van der Waals surface area contributed by atoms with E-state index in [2.05, 4.69) is 41.0 Å². The average Bonchev–Trinajstić information content (AvgIpc) is 2.88. The molecular formula is C30H39ClN2O3. The molecule has 0 bridgehead atoms. The first-order valence-electron chi connectivity index (χ1n) is 13.0. The van der Waals surface area contributed by atoms with Gasteiger partial charge >= 0.3 is 0 Å². The van der Waals surface area contributed by atoms with E-state index in [-0.39, 0.29) is 22.3 Å². The van der Waals surface area contributed by atoms with E-state index >= 15 is 0 Å². The van der Waals surface area contributed by atoms with Gasteiger partial charge in [-0.15, -0.1) is 0 Å². The second-order valence-electron chi connectivity index (χ2n) is 9.26. The van der Waals surface area contributed by atoms with Crippen molar-refractivity contribution < 1.29 is 15.3 Å². The Kier molecular flexibility index (Phi) is 11.9. The lowest BCUT2D eigenvalue weighted by molar-refractivity contribution is 0.398. The van der Waals surface area contributed by atoms with Crippen molar-refractivity contribution >= 4 is 11.6 Å². The monoisotopic (exact) mass is 510 g/mol. The predicted molar refractivity (Wildman–Crippen MR) is 148 cm³/mol. The number of hydrogen-bond acceptors (Lipinski definition) is 5. The van der Waals surface area contributed by atoms with Gasteiger partial charge in [0, 0.05) is 5.56 Å². The van der Waals surface area contributed by atoms with Crippen LogP contribution in [0.2, 0.25) is 5.02 Å². The zero-order valence-corrected chi connectivity index (χ0v) is 21.7. The number of aromatic hydroxyl groups is 3. The number of hydrogen-bond donors (Lipinski definition) is 5. The molecule has 0 aliphatic heterocycles. The highest BCUT2D eigenvalue weighted by atomic mass is 35.5. The Balaban J connectivity index is 1.31. The van der Waals surface area contributed by atoms with Crippen LogP contribution in [0.1, 0.15) is 47.9 Å². The van der Waals surface area contributed by atoms with Gasteiger partial charge in [-0.2, -0.15) is 0 Å². The molecule has 194 valence electrons. The number of nitrogens with one attached hydrogen (secondary N) is 2. The lowest BCUT2D eigenvalue weighted by atomic mass is 9.96. The second-order valence-corrected chi connectivity index (χ2v) is 9.67. The van der Waals surface area contributed by atoms with Crippen molar-refractivity contribution in [2.45, 2.75) is 51.4 Å². The summed E-state index contributed by atoms with van der Waals surface area (Å²) in [5.41, 5.74) is 4.00. The van der Waals surface area contributed by atoms with Gasteiger partial charge in [0.2, 0.25) is 0 Å². The molecule has 0 fully saturated rings. The number of unbranched alkanes of at least 4 members (excludes halogenated alkanes) is 3. The van der Waals surface area contributed by atoms with Crippen LogP contribution in [0.3, 0.4) is 0 Å². The Morgan fingerprint density at radius 1 is 0.583 bits per heavy atom. The number of rotatable bonds is 16. The van der Waals surface area contributed by atoms with E-state index < -0.39 is 0 Å². The summed E-state index contributed by atoms with van der Waals surface area (Å²) in [6.45, 7) is 3.83. The lowest BCUT2D eigenvalue weighted by Crippen LogP contribution is -2.20. The van der Waals surface area contributed by atoms with Gasteiger partial charge < -0.3 is 26.0 Å². The highest BCUT2D eigenvalue weighted by molar-refractivity contribution is 6.32. The first kappa shape index (κ1) is 27.9. The fraction of sp³-hybridized carbons (Fsp3) is 0.400. The summed E-state index contributed by atoms with van der Waals surface area (Å²) < 4.78 is 0. The number of benzene rings is 3. The Labute approximate surface area is 220 Å². The minimum atomic E-state index is -0.270. The molecule has 0 amide bonds. The molecule has 0 saturated heterocycles. The van der Waals surface area contributed by atoms with Crippen LogP contribution in [0, 0.1) is 0 Å². The maximum atomic E-state index is 10.5. The van der Waals surface area contributed by atoms with Gasteiger partial charge in [-0.3, -0.25) is 0 Å². The Morgan fingerprint density at radius 2 is 1.25 bits per heavy atom. The van der Waals surface area contributed by atoms with E-state index in [1.165, 1.54) is 24.8 Å². The zero-order valence-electron chi connectivity index (χ0n) is 21.0. The molecule has 0 unspecified atom stereocenters. The molecule has 0 aliphatic carbocycles. The van der Waals surface area contributed by atoms with E-state index in [1.807, 2.05) is 6.07 Å². The molecule has 3 rings (SSSR count). The fourth-order valence-corrected chi connectivity index (χ4v) is 4.63. The smallest absolute Gasteiger partial charge is 0.176 e. The Morgan fingerprint density at radius 3 is 1.94 bits per heavy atom. The van der Waals surface area contributed by atoms with E-state index in [9.17, 15) is 15.3 Å². The summed E-state index contributed by atoms with van der Waals surface area (Å²) in [7, 11) is 0. The van der Waals surface area contributed by atoms with Crippen LogP contribution in [0.25, 0.3) is 0 Å².